The van der Waals surface area contributed by atoms with E-state index >= 15 is 0 Å². The summed E-state index contributed by atoms with van der Waals surface area (Å²) in [6.07, 6.45) is 1.24. The summed E-state index contributed by atoms with van der Waals surface area (Å²) < 4.78 is 9.64. The Morgan fingerprint density at radius 2 is 2.25 bits per heavy atom. The minimum absolute atomic E-state index is 0.102. The Hall–Kier alpha value is -0.480. The van der Waals surface area contributed by atoms with E-state index in [1.54, 1.807) is 0 Å². The van der Waals surface area contributed by atoms with Gasteiger partial charge in [-0.2, -0.15) is 0 Å². The van der Waals surface area contributed by atoms with Gasteiger partial charge in [-0.3, -0.25) is 0 Å². The number of carbonyl (C=O) groups is 1. The summed E-state index contributed by atoms with van der Waals surface area (Å²) in [4.78, 5) is 10.9. The zero-order valence-corrected chi connectivity index (χ0v) is 7.47. The Kier molecular flexibility index (Phi) is 4.18. The summed E-state index contributed by atoms with van der Waals surface area (Å²) >= 11 is 5.21. The Labute approximate surface area is 76.2 Å². The van der Waals surface area contributed by atoms with Crippen molar-refractivity contribution in [2.24, 2.45) is 0 Å². The molecule has 0 aliphatic carbocycles. The number of carbonyl (C=O) groups excluding carboxylic acids is 1. The predicted octanol–water partition coefficient (Wildman–Crippen LogP) is 1.09. The summed E-state index contributed by atoms with van der Waals surface area (Å²) in [6.45, 7) is 1.40. The maximum Gasteiger partial charge on any atom is 0.408 e. The second-order valence-corrected chi connectivity index (χ2v) is 2.79. The largest absolute Gasteiger partial charge is 0.433 e. The van der Waals surface area contributed by atoms with E-state index in [1.807, 2.05) is 0 Å². The van der Waals surface area contributed by atoms with E-state index in [4.69, 9.17) is 16.3 Å². The smallest absolute Gasteiger partial charge is 0.408 e. The molecular formula is C7H12ClNO3. The van der Waals surface area contributed by atoms with E-state index in [2.05, 4.69) is 10.1 Å². The van der Waals surface area contributed by atoms with Crippen LogP contribution in [0.15, 0.2) is 0 Å². The van der Waals surface area contributed by atoms with Crippen molar-refractivity contribution >= 4 is 17.7 Å². The normalized spacial score (nSPS) is 18.8. The van der Waals surface area contributed by atoms with Crippen molar-refractivity contribution in [2.45, 2.75) is 18.9 Å². The Morgan fingerprint density at radius 1 is 1.58 bits per heavy atom. The fourth-order valence-electron chi connectivity index (χ4n) is 1.10. The lowest BCUT2D eigenvalue weighted by Crippen LogP contribution is -2.39. The second kappa shape index (κ2) is 5.22. The van der Waals surface area contributed by atoms with Gasteiger partial charge in [0.05, 0.1) is 0 Å². The first-order valence-electron chi connectivity index (χ1n) is 3.90. The molecule has 1 N–H and O–H groups in total. The van der Waals surface area contributed by atoms with E-state index in [9.17, 15) is 4.79 Å². The summed E-state index contributed by atoms with van der Waals surface area (Å²) in [5.74, 6) is 0. The van der Waals surface area contributed by atoms with Crippen LogP contribution in [0.1, 0.15) is 12.8 Å². The van der Waals surface area contributed by atoms with Gasteiger partial charge in [-0.05, 0) is 12.8 Å². The molecule has 0 atom stereocenters. The van der Waals surface area contributed by atoms with Crippen molar-refractivity contribution < 1.29 is 14.3 Å². The highest BCUT2D eigenvalue weighted by atomic mass is 35.5. The summed E-state index contributed by atoms with van der Waals surface area (Å²) in [7, 11) is 0. The van der Waals surface area contributed by atoms with Crippen molar-refractivity contribution in [1.82, 2.24) is 5.32 Å². The van der Waals surface area contributed by atoms with Crippen molar-refractivity contribution in [1.29, 1.82) is 0 Å². The SMILES string of the molecule is O=C(NC1CCOCC1)OCCl. The van der Waals surface area contributed by atoms with Gasteiger partial charge in [0, 0.05) is 19.3 Å². The molecule has 0 unspecified atom stereocenters. The molecule has 0 bridgehead atoms. The molecule has 0 aromatic rings. The first kappa shape index (κ1) is 9.61. The summed E-state index contributed by atoms with van der Waals surface area (Å²) in [5, 5.41) is 2.69. The van der Waals surface area contributed by atoms with Crippen LogP contribution in [-0.4, -0.2) is 31.4 Å². The van der Waals surface area contributed by atoms with Gasteiger partial charge in [-0.25, -0.2) is 4.79 Å². The molecule has 1 saturated heterocycles. The molecule has 70 valence electrons. The summed E-state index contributed by atoms with van der Waals surface area (Å²) in [6, 6.07) is 0.0733. The van der Waals surface area contributed by atoms with Crippen LogP contribution < -0.4 is 5.32 Å². The predicted molar refractivity (Wildman–Crippen MR) is 44.2 cm³/mol. The number of alkyl carbamates (subject to hydrolysis) is 1. The van der Waals surface area contributed by atoms with Crippen molar-refractivity contribution in [3.05, 3.63) is 0 Å². The molecule has 0 saturated carbocycles. The Balaban J connectivity index is 2.15. The quantitative estimate of drug-likeness (QED) is 0.668. The number of amides is 1. The number of rotatable bonds is 2. The molecule has 0 spiro atoms. The van der Waals surface area contributed by atoms with Gasteiger partial charge < -0.3 is 14.8 Å². The van der Waals surface area contributed by atoms with Crippen LogP contribution in [0.4, 0.5) is 4.79 Å². The van der Waals surface area contributed by atoms with Crippen LogP contribution >= 0.6 is 11.6 Å². The molecule has 5 heteroatoms. The lowest BCUT2D eigenvalue weighted by molar-refractivity contribution is 0.0752. The molecular weight excluding hydrogens is 182 g/mol. The molecule has 12 heavy (non-hydrogen) atoms. The molecule has 0 radical (unpaired) electrons. The average Bonchev–Trinajstić information content (AvgIpc) is 2.06. The summed E-state index contributed by atoms with van der Waals surface area (Å²) in [5.41, 5.74) is 0. The average molecular weight is 194 g/mol. The van der Waals surface area contributed by atoms with Gasteiger partial charge in [0.1, 0.15) is 0 Å². The number of nitrogens with one attached hydrogen (secondary N) is 1. The van der Waals surface area contributed by atoms with Crippen molar-refractivity contribution in [3.63, 3.8) is 0 Å². The van der Waals surface area contributed by atoms with Gasteiger partial charge in [0.25, 0.3) is 0 Å². The maximum absolute atomic E-state index is 10.9. The first-order chi connectivity index (χ1) is 5.83. The standard InChI is InChI=1S/C7H12ClNO3/c8-5-12-7(10)9-6-1-3-11-4-2-6/h6H,1-5H2,(H,9,10). The van der Waals surface area contributed by atoms with Crippen LogP contribution in [0.2, 0.25) is 0 Å². The zero-order valence-electron chi connectivity index (χ0n) is 6.72. The highest BCUT2D eigenvalue weighted by Gasteiger charge is 2.15. The van der Waals surface area contributed by atoms with Crippen molar-refractivity contribution in [2.75, 3.05) is 19.3 Å². The van der Waals surface area contributed by atoms with Crippen molar-refractivity contribution in [3.8, 4) is 0 Å². The lowest BCUT2D eigenvalue weighted by atomic mass is 10.1. The highest BCUT2D eigenvalue weighted by Crippen LogP contribution is 2.05. The van der Waals surface area contributed by atoms with Crippen LogP contribution in [0.5, 0.6) is 0 Å². The zero-order chi connectivity index (χ0) is 8.81. The molecule has 1 aliphatic rings. The fraction of sp³-hybridized carbons (Fsp3) is 0.857. The highest BCUT2D eigenvalue weighted by molar-refractivity contribution is 6.17. The molecule has 1 rings (SSSR count). The van der Waals surface area contributed by atoms with Gasteiger partial charge >= 0.3 is 6.09 Å². The van der Waals surface area contributed by atoms with Crippen LogP contribution in [-0.2, 0) is 9.47 Å². The monoisotopic (exact) mass is 193 g/mol. The van der Waals surface area contributed by atoms with Gasteiger partial charge in [0.2, 0.25) is 0 Å². The van der Waals surface area contributed by atoms with Crippen LogP contribution in [0.3, 0.4) is 0 Å². The third kappa shape index (κ3) is 3.28. The number of alkyl halides is 1. The number of ether oxygens (including phenoxy) is 2. The first-order valence-corrected chi connectivity index (χ1v) is 4.43. The van der Waals surface area contributed by atoms with Gasteiger partial charge in [0.15, 0.2) is 6.07 Å². The lowest BCUT2D eigenvalue weighted by Gasteiger charge is -2.22. The number of hydrogen-bond donors (Lipinski definition) is 1. The van der Waals surface area contributed by atoms with E-state index in [1.165, 1.54) is 0 Å². The Morgan fingerprint density at radius 3 is 2.83 bits per heavy atom. The van der Waals surface area contributed by atoms with Gasteiger partial charge in [-0.15, -0.1) is 0 Å². The molecule has 1 fully saturated rings. The molecule has 0 aromatic heterocycles. The second-order valence-electron chi connectivity index (χ2n) is 2.57. The minimum atomic E-state index is -0.447. The number of hydrogen-bond acceptors (Lipinski definition) is 3. The molecule has 1 amide bonds. The third-order valence-electron chi connectivity index (χ3n) is 1.73. The molecule has 1 aliphatic heterocycles. The van der Waals surface area contributed by atoms with Gasteiger partial charge in [-0.1, -0.05) is 11.6 Å². The van der Waals surface area contributed by atoms with E-state index < -0.39 is 6.09 Å². The fourth-order valence-corrected chi connectivity index (χ4v) is 1.20. The molecule has 1 heterocycles. The topological polar surface area (TPSA) is 47.6 Å². The molecule has 4 nitrogen and oxygen atoms in total. The Bertz CT molecular complexity index is 148. The third-order valence-corrected chi connectivity index (χ3v) is 1.84. The number of halogens is 1. The van der Waals surface area contributed by atoms with E-state index in [0.717, 1.165) is 12.8 Å². The van der Waals surface area contributed by atoms with Crippen LogP contribution in [0, 0.1) is 0 Å². The minimum Gasteiger partial charge on any atom is -0.433 e. The molecule has 0 aromatic carbocycles. The van der Waals surface area contributed by atoms with E-state index in [0.29, 0.717) is 13.2 Å². The van der Waals surface area contributed by atoms with Crippen LogP contribution in [0.25, 0.3) is 0 Å². The van der Waals surface area contributed by atoms with E-state index in [-0.39, 0.29) is 12.1 Å². The maximum atomic E-state index is 10.9.